The molecule has 0 aliphatic heterocycles. The summed E-state index contributed by atoms with van der Waals surface area (Å²) in [6.45, 7) is 6.42. The van der Waals surface area contributed by atoms with Crippen molar-refractivity contribution >= 4 is 34.3 Å². The summed E-state index contributed by atoms with van der Waals surface area (Å²) in [6.07, 6.45) is 4.40. The van der Waals surface area contributed by atoms with Gasteiger partial charge in [0.1, 0.15) is 5.82 Å². The van der Waals surface area contributed by atoms with Gasteiger partial charge in [-0.15, -0.1) is 11.8 Å². The first-order chi connectivity index (χ1) is 12.1. The standard InChI is InChI=1S/C21H24FNS2/c1-4-5-13-25-21(23-19-9-6-16(2)17(3)15-19)12-14-24-20-10-7-18(22)8-11-20/h6-12,14-15H,4-5,13H2,1-3H3. The summed E-state index contributed by atoms with van der Waals surface area (Å²) >= 11 is 3.35. The first-order valence-electron chi connectivity index (χ1n) is 8.46. The van der Waals surface area contributed by atoms with Gasteiger partial charge in [0.05, 0.1) is 10.7 Å². The van der Waals surface area contributed by atoms with Crippen LogP contribution in [0, 0.1) is 19.7 Å². The third-order valence-electron chi connectivity index (χ3n) is 3.71. The summed E-state index contributed by atoms with van der Waals surface area (Å²) in [5.74, 6) is 0.853. The van der Waals surface area contributed by atoms with Gasteiger partial charge in [0.2, 0.25) is 0 Å². The molecule has 0 fully saturated rings. The van der Waals surface area contributed by atoms with Crippen LogP contribution in [0.2, 0.25) is 0 Å². The van der Waals surface area contributed by atoms with Gasteiger partial charge in [0, 0.05) is 4.90 Å². The Morgan fingerprint density at radius 2 is 1.84 bits per heavy atom. The maximum Gasteiger partial charge on any atom is 0.123 e. The lowest BCUT2D eigenvalue weighted by Crippen LogP contribution is -1.90. The molecule has 4 heteroatoms. The molecule has 1 nitrogen and oxygen atoms in total. The molecule has 0 N–H and O–H groups in total. The number of hydrogen-bond acceptors (Lipinski definition) is 3. The molecule has 2 rings (SSSR count). The Labute approximate surface area is 158 Å². The molecule has 0 aliphatic carbocycles. The number of halogens is 1. The predicted octanol–water partition coefficient (Wildman–Crippen LogP) is 7.31. The number of benzene rings is 2. The van der Waals surface area contributed by atoms with Crippen molar-refractivity contribution in [2.45, 2.75) is 38.5 Å². The second-order valence-corrected chi connectivity index (χ2v) is 7.89. The number of thioether (sulfide) groups is 2. The molecule has 0 unspecified atom stereocenters. The lowest BCUT2D eigenvalue weighted by molar-refractivity contribution is 0.626. The Kier molecular flexibility index (Phi) is 8.29. The maximum atomic E-state index is 13.0. The summed E-state index contributed by atoms with van der Waals surface area (Å²) in [5.41, 5.74) is 3.52. The minimum atomic E-state index is -0.208. The molecule has 132 valence electrons. The zero-order valence-electron chi connectivity index (χ0n) is 15.0. The Balaban J connectivity index is 2.10. The minimum absolute atomic E-state index is 0.208. The van der Waals surface area contributed by atoms with Crippen LogP contribution in [0.3, 0.4) is 0 Å². The fraction of sp³-hybridized carbons (Fsp3) is 0.286. The molecule has 0 aromatic heterocycles. The molecule has 0 saturated heterocycles. The van der Waals surface area contributed by atoms with Gasteiger partial charge < -0.3 is 0 Å². The van der Waals surface area contributed by atoms with Crippen molar-refractivity contribution in [2.24, 2.45) is 4.99 Å². The van der Waals surface area contributed by atoms with Gasteiger partial charge in [-0.05, 0) is 85.0 Å². The highest BCUT2D eigenvalue weighted by atomic mass is 32.2. The highest BCUT2D eigenvalue weighted by Crippen LogP contribution is 2.23. The lowest BCUT2D eigenvalue weighted by atomic mass is 10.1. The predicted molar refractivity (Wildman–Crippen MR) is 112 cm³/mol. The molecular weight excluding hydrogens is 349 g/mol. The molecule has 0 saturated carbocycles. The summed E-state index contributed by atoms with van der Waals surface area (Å²) < 4.78 is 13.0. The van der Waals surface area contributed by atoms with Crippen LogP contribution in [-0.2, 0) is 0 Å². The van der Waals surface area contributed by atoms with E-state index in [0.29, 0.717) is 0 Å². The van der Waals surface area contributed by atoms with Crippen molar-refractivity contribution in [1.82, 2.24) is 0 Å². The number of rotatable bonds is 7. The van der Waals surface area contributed by atoms with Crippen LogP contribution < -0.4 is 0 Å². The molecule has 0 amide bonds. The largest absolute Gasteiger partial charge is 0.242 e. The first kappa shape index (κ1) is 19.8. The summed E-state index contributed by atoms with van der Waals surface area (Å²) in [6, 6.07) is 12.8. The second kappa shape index (κ2) is 10.5. The maximum absolute atomic E-state index is 13.0. The Bertz CT molecular complexity index is 736. The molecule has 2 aromatic rings. The van der Waals surface area contributed by atoms with Crippen LogP contribution in [0.25, 0.3) is 0 Å². The molecule has 2 aromatic carbocycles. The molecule has 0 spiro atoms. The molecular formula is C21H24FNS2. The van der Waals surface area contributed by atoms with E-state index in [1.807, 2.05) is 11.5 Å². The van der Waals surface area contributed by atoms with Gasteiger partial charge in [-0.2, -0.15) is 0 Å². The minimum Gasteiger partial charge on any atom is -0.242 e. The zero-order valence-corrected chi connectivity index (χ0v) is 16.6. The SMILES string of the molecule is CCCCSC(C=CSc1ccc(F)cc1)=Nc1ccc(C)c(C)c1. The van der Waals surface area contributed by atoms with Crippen LogP contribution in [0.15, 0.2) is 63.8 Å². The topological polar surface area (TPSA) is 12.4 Å². The van der Waals surface area contributed by atoms with Gasteiger partial charge in [0.25, 0.3) is 0 Å². The fourth-order valence-electron chi connectivity index (χ4n) is 2.05. The number of aryl methyl sites for hydroxylation is 2. The normalized spacial score (nSPS) is 12.1. The van der Waals surface area contributed by atoms with Gasteiger partial charge in [-0.1, -0.05) is 31.2 Å². The van der Waals surface area contributed by atoms with E-state index >= 15 is 0 Å². The third kappa shape index (κ3) is 7.09. The fourth-order valence-corrected chi connectivity index (χ4v) is 3.75. The molecule has 0 atom stereocenters. The van der Waals surface area contributed by atoms with Crippen molar-refractivity contribution < 1.29 is 4.39 Å². The highest BCUT2D eigenvalue weighted by molar-refractivity contribution is 8.14. The van der Waals surface area contributed by atoms with E-state index in [9.17, 15) is 4.39 Å². The van der Waals surface area contributed by atoms with E-state index in [1.165, 1.54) is 36.1 Å². The van der Waals surface area contributed by atoms with E-state index in [0.717, 1.165) is 21.4 Å². The lowest BCUT2D eigenvalue weighted by Gasteiger charge is -2.04. The van der Waals surface area contributed by atoms with Crippen LogP contribution in [-0.4, -0.2) is 10.8 Å². The summed E-state index contributed by atoms with van der Waals surface area (Å²) in [4.78, 5) is 5.81. The second-order valence-electron chi connectivity index (χ2n) is 5.80. The number of unbranched alkanes of at least 4 members (excludes halogenated alkanes) is 1. The average Bonchev–Trinajstić information content (AvgIpc) is 2.60. The van der Waals surface area contributed by atoms with Crippen molar-refractivity contribution in [3.8, 4) is 0 Å². The van der Waals surface area contributed by atoms with E-state index in [1.54, 1.807) is 35.7 Å². The van der Waals surface area contributed by atoms with E-state index in [-0.39, 0.29) is 5.82 Å². The zero-order chi connectivity index (χ0) is 18.1. The Morgan fingerprint density at radius 1 is 1.08 bits per heavy atom. The van der Waals surface area contributed by atoms with Gasteiger partial charge >= 0.3 is 0 Å². The van der Waals surface area contributed by atoms with Crippen molar-refractivity contribution in [2.75, 3.05) is 5.75 Å². The quantitative estimate of drug-likeness (QED) is 0.218. The smallest absolute Gasteiger partial charge is 0.123 e. The Hall–Kier alpha value is -1.52. The molecule has 0 aliphatic rings. The summed E-state index contributed by atoms with van der Waals surface area (Å²) in [5, 5.41) is 3.03. The molecule has 0 heterocycles. The van der Waals surface area contributed by atoms with Crippen LogP contribution in [0.4, 0.5) is 10.1 Å². The van der Waals surface area contributed by atoms with Crippen LogP contribution >= 0.6 is 23.5 Å². The van der Waals surface area contributed by atoms with Gasteiger partial charge in [-0.3, -0.25) is 0 Å². The number of aliphatic imine (C=N–C) groups is 1. The monoisotopic (exact) mass is 373 g/mol. The Morgan fingerprint density at radius 3 is 2.52 bits per heavy atom. The van der Waals surface area contributed by atoms with Crippen molar-refractivity contribution in [1.29, 1.82) is 0 Å². The van der Waals surface area contributed by atoms with Crippen LogP contribution in [0.1, 0.15) is 30.9 Å². The molecule has 25 heavy (non-hydrogen) atoms. The average molecular weight is 374 g/mol. The third-order valence-corrected chi connectivity index (χ3v) is 5.54. The molecule has 0 radical (unpaired) electrons. The van der Waals surface area contributed by atoms with Gasteiger partial charge in [0.15, 0.2) is 0 Å². The highest BCUT2D eigenvalue weighted by Gasteiger charge is 2.00. The van der Waals surface area contributed by atoms with E-state index in [4.69, 9.17) is 4.99 Å². The first-order valence-corrected chi connectivity index (χ1v) is 10.3. The van der Waals surface area contributed by atoms with Crippen molar-refractivity contribution in [3.63, 3.8) is 0 Å². The van der Waals surface area contributed by atoms with E-state index < -0.39 is 0 Å². The summed E-state index contributed by atoms with van der Waals surface area (Å²) in [7, 11) is 0. The molecule has 0 bridgehead atoms. The number of nitrogens with zero attached hydrogens (tertiary/aromatic N) is 1. The van der Waals surface area contributed by atoms with Crippen molar-refractivity contribution in [3.05, 3.63) is 70.9 Å². The van der Waals surface area contributed by atoms with Gasteiger partial charge in [-0.25, -0.2) is 9.38 Å². The van der Waals surface area contributed by atoms with Crippen LogP contribution in [0.5, 0.6) is 0 Å². The van der Waals surface area contributed by atoms with E-state index in [2.05, 4.69) is 39.0 Å². The number of hydrogen-bond donors (Lipinski definition) is 0.